The number of aromatic nitrogens is 3. The molecule has 2 aromatic rings. The molecule has 0 aliphatic rings. The van der Waals surface area contributed by atoms with Crippen molar-refractivity contribution < 1.29 is 9.32 Å². The number of carbonyl (C=O) groups is 1. The molecule has 0 spiro atoms. The number of carbonyl (C=O) groups excluding carboxylic acids is 1. The Bertz CT molecular complexity index is 410. The zero-order valence-electron chi connectivity index (χ0n) is 6.54. The molecule has 0 saturated carbocycles. The molecule has 0 aromatic carbocycles. The van der Waals surface area contributed by atoms with Crippen molar-refractivity contribution >= 4 is 6.29 Å². The summed E-state index contributed by atoms with van der Waals surface area (Å²) in [6.07, 6.45) is 2.13. The van der Waals surface area contributed by atoms with Crippen LogP contribution in [-0.2, 0) is 0 Å². The van der Waals surface area contributed by atoms with Crippen molar-refractivity contribution in [2.75, 3.05) is 0 Å². The van der Waals surface area contributed by atoms with Crippen LogP contribution in [0, 0.1) is 0 Å². The summed E-state index contributed by atoms with van der Waals surface area (Å²) in [4.78, 5) is 18.0. The van der Waals surface area contributed by atoms with E-state index in [-0.39, 0.29) is 11.7 Å². The van der Waals surface area contributed by atoms with Crippen molar-refractivity contribution in [1.82, 2.24) is 15.1 Å². The summed E-state index contributed by atoms with van der Waals surface area (Å²) >= 11 is 0. The standard InChI is InChI=1S/C8H5N3O2/c12-5-7-10-8(13-11-7)6-3-1-2-4-9-6/h1-5H. The van der Waals surface area contributed by atoms with Crippen LogP contribution in [0.5, 0.6) is 0 Å². The normalized spacial score (nSPS) is 9.85. The van der Waals surface area contributed by atoms with Crippen LogP contribution in [0.25, 0.3) is 11.6 Å². The van der Waals surface area contributed by atoms with E-state index in [4.69, 9.17) is 4.52 Å². The van der Waals surface area contributed by atoms with E-state index < -0.39 is 0 Å². The van der Waals surface area contributed by atoms with Gasteiger partial charge in [0.15, 0.2) is 6.29 Å². The van der Waals surface area contributed by atoms with Crippen molar-refractivity contribution in [2.24, 2.45) is 0 Å². The molecule has 5 heteroatoms. The number of hydrogen-bond donors (Lipinski definition) is 0. The molecule has 0 bridgehead atoms. The monoisotopic (exact) mass is 175 g/mol. The fourth-order valence-electron chi connectivity index (χ4n) is 0.876. The quantitative estimate of drug-likeness (QED) is 0.635. The lowest BCUT2D eigenvalue weighted by Crippen LogP contribution is -1.83. The number of pyridine rings is 1. The van der Waals surface area contributed by atoms with Crippen molar-refractivity contribution in [3.63, 3.8) is 0 Å². The van der Waals surface area contributed by atoms with Crippen LogP contribution in [0.4, 0.5) is 0 Å². The third-order valence-corrected chi connectivity index (χ3v) is 1.43. The summed E-state index contributed by atoms with van der Waals surface area (Å²) in [5.41, 5.74) is 0.558. The Morgan fingerprint density at radius 2 is 2.31 bits per heavy atom. The number of nitrogens with zero attached hydrogens (tertiary/aromatic N) is 3. The van der Waals surface area contributed by atoms with Gasteiger partial charge >= 0.3 is 0 Å². The Labute approximate surface area is 73.4 Å². The highest BCUT2D eigenvalue weighted by Gasteiger charge is 2.07. The number of rotatable bonds is 2. The molecule has 0 saturated heterocycles. The Morgan fingerprint density at radius 1 is 1.38 bits per heavy atom. The van der Waals surface area contributed by atoms with E-state index in [2.05, 4.69) is 15.1 Å². The Balaban J connectivity index is 2.41. The van der Waals surface area contributed by atoms with Gasteiger partial charge in [-0.15, -0.1) is 0 Å². The molecule has 0 atom stereocenters. The third-order valence-electron chi connectivity index (χ3n) is 1.43. The summed E-state index contributed by atoms with van der Waals surface area (Å²) in [5, 5.41) is 3.42. The average molecular weight is 175 g/mol. The molecule has 0 radical (unpaired) electrons. The molecule has 0 aliphatic heterocycles. The highest BCUT2D eigenvalue weighted by molar-refractivity contribution is 5.69. The maximum Gasteiger partial charge on any atom is 0.276 e. The largest absolute Gasteiger partial charge is 0.332 e. The lowest BCUT2D eigenvalue weighted by molar-refractivity contribution is 0.111. The van der Waals surface area contributed by atoms with E-state index in [1.807, 2.05) is 0 Å². The van der Waals surface area contributed by atoms with Gasteiger partial charge in [-0.25, -0.2) is 0 Å². The minimum atomic E-state index is 0.0284. The predicted molar refractivity (Wildman–Crippen MR) is 42.9 cm³/mol. The molecule has 0 N–H and O–H groups in total. The SMILES string of the molecule is O=Cc1noc(-c2ccccn2)n1. The third kappa shape index (κ3) is 1.44. The summed E-state index contributed by atoms with van der Waals surface area (Å²) in [6, 6.07) is 5.30. The minimum absolute atomic E-state index is 0.0284. The zero-order chi connectivity index (χ0) is 9.10. The first kappa shape index (κ1) is 7.60. The van der Waals surface area contributed by atoms with E-state index in [0.29, 0.717) is 12.0 Å². The van der Waals surface area contributed by atoms with Gasteiger partial charge in [-0.3, -0.25) is 9.78 Å². The molecule has 2 rings (SSSR count). The van der Waals surface area contributed by atoms with Gasteiger partial charge in [0, 0.05) is 6.20 Å². The molecule has 64 valence electrons. The van der Waals surface area contributed by atoms with E-state index in [1.54, 1.807) is 24.4 Å². The lowest BCUT2D eigenvalue weighted by Gasteiger charge is -1.88. The average Bonchev–Trinajstić information content (AvgIpc) is 2.67. The minimum Gasteiger partial charge on any atom is -0.332 e. The maximum absolute atomic E-state index is 10.2. The summed E-state index contributed by atoms with van der Waals surface area (Å²) in [7, 11) is 0. The van der Waals surface area contributed by atoms with Gasteiger partial charge in [-0.1, -0.05) is 11.2 Å². The van der Waals surface area contributed by atoms with Gasteiger partial charge in [0.2, 0.25) is 5.82 Å². The Morgan fingerprint density at radius 3 is 2.92 bits per heavy atom. The molecular formula is C8H5N3O2. The first-order chi connectivity index (χ1) is 6.40. The summed E-state index contributed by atoms with van der Waals surface area (Å²) in [6.45, 7) is 0. The number of aldehydes is 1. The van der Waals surface area contributed by atoms with Crippen LogP contribution in [0.2, 0.25) is 0 Å². The molecule has 0 unspecified atom stereocenters. The van der Waals surface area contributed by atoms with E-state index in [9.17, 15) is 4.79 Å². The summed E-state index contributed by atoms with van der Waals surface area (Å²) in [5.74, 6) is 0.281. The van der Waals surface area contributed by atoms with E-state index in [0.717, 1.165) is 0 Å². The first-order valence-electron chi connectivity index (χ1n) is 3.60. The smallest absolute Gasteiger partial charge is 0.276 e. The van der Waals surface area contributed by atoms with Gasteiger partial charge in [-0.05, 0) is 12.1 Å². The van der Waals surface area contributed by atoms with Gasteiger partial charge in [-0.2, -0.15) is 4.98 Å². The lowest BCUT2D eigenvalue weighted by atomic mass is 10.3. The Kier molecular flexibility index (Phi) is 1.84. The van der Waals surface area contributed by atoms with Gasteiger partial charge in [0.1, 0.15) is 5.69 Å². The molecular weight excluding hydrogens is 170 g/mol. The second kappa shape index (κ2) is 3.14. The van der Waals surface area contributed by atoms with Crippen LogP contribution in [0.1, 0.15) is 10.6 Å². The highest BCUT2D eigenvalue weighted by Crippen LogP contribution is 2.11. The zero-order valence-corrected chi connectivity index (χ0v) is 6.54. The molecule has 0 aliphatic carbocycles. The van der Waals surface area contributed by atoms with E-state index in [1.165, 1.54) is 0 Å². The maximum atomic E-state index is 10.2. The molecule has 2 aromatic heterocycles. The van der Waals surface area contributed by atoms with Gasteiger partial charge in [0.05, 0.1) is 0 Å². The molecule has 5 nitrogen and oxygen atoms in total. The van der Waals surface area contributed by atoms with Crippen molar-refractivity contribution in [3.05, 3.63) is 30.2 Å². The van der Waals surface area contributed by atoms with Gasteiger partial charge < -0.3 is 4.52 Å². The van der Waals surface area contributed by atoms with Crippen LogP contribution in [0.15, 0.2) is 28.9 Å². The molecule has 0 amide bonds. The molecule has 2 heterocycles. The van der Waals surface area contributed by atoms with Crippen LogP contribution >= 0.6 is 0 Å². The van der Waals surface area contributed by atoms with Crippen LogP contribution in [-0.4, -0.2) is 21.4 Å². The fraction of sp³-hybridized carbons (Fsp3) is 0. The molecule has 13 heavy (non-hydrogen) atoms. The number of hydrogen-bond acceptors (Lipinski definition) is 5. The van der Waals surface area contributed by atoms with E-state index >= 15 is 0 Å². The second-order valence-corrected chi connectivity index (χ2v) is 2.29. The van der Waals surface area contributed by atoms with Gasteiger partial charge in [0.25, 0.3) is 5.89 Å². The van der Waals surface area contributed by atoms with Crippen LogP contribution < -0.4 is 0 Å². The Hall–Kier alpha value is -2.04. The van der Waals surface area contributed by atoms with Crippen molar-refractivity contribution in [2.45, 2.75) is 0 Å². The highest BCUT2D eigenvalue weighted by atomic mass is 16.5. The topological polar surface area (TPSA) is 68.9 Å². The first-order valence-corrected chi connectivity index (χ1v) is 3.60. The van der Waals surface area contributed by atoms with Crippen molar-refractivity contribution in [3.8, 4) is 11.6 Å². The fourth-order valence-corrected chi connectivity index (χ4v) is 0.876. The second-order valence-electron chi connectivity index (χ2n) is 2.29. The predicted octanol–water partition coefficient (Wildman–Crippen LogP) is 0.944. The van der Waals surface area contributed by atoms with Crippen molar-refractivity contribution in [1.29, 1.82) is 0 Å². The van der Waals surface area contributed by atoms with Crippen LogP contribution in [0.3, 0.4) is 0 Å². The molecule has 0 fully saturated rings. The summed E-state index contributed by atoms with van der Waals surface area (Å²) < 4.78 is 4.79.